The highest BCUT2D eigenvalue weighted by Gasteiger charge is 2.28. The lowest BCUT2D eigenvalue weighted by molar-refractivity contribution is 0.306. The molecular weight excluding hydrogens is 431 g/mol. The Morgan fingerprint density at radius 3 is 2.59 bits per heavy atom. The SMILES string of the molecule is C=NC(=N/C=C(\C)C1=C(c2ccc(N)c(F)c2)NC(N2CCC(N)CC2)=NC1C)N1CCCC1. The second-order valence-electron chi connectivity index (χ2n) is 9.20. The summed E-state index contributed by atoms with van der Waals surface area (Å²) in [7, 11) is 0. The van der Waals surface area contributed by atoms with Crippen LogP contribution in [0.15, 0.2) is 50.5 Å². The second kappa shape index (κ2) is 10.4. The number of nitrogens with one attached hydrogen (secondary N) is 1. The molecule has 9 heteroatoms. The molecule has 0 radical (unpaired) electrons. The first-order valence-corrected chi connectivity index (χ1v) is 12.0. The number of anilines is 1. The largest absolute Gasteiger partial charge is 0.396 e. The molecule has 1 unspecified atom stereocenters. The third-order valence-corrected chi connectivity index (χ3v) is 6.70. The van der Waals surface area contributed by atoms with Gasteiger partial charge >= 0.3 is 0 Å². The number of likely N-dealkylation sites (tertiary alicyclic amines) is 2. The smallest absolute Gasteiger partial charge is 0.224 e. The number of rotatable bonds is 3. The Morgan fingerprint density at radius 2 is 1.94 bits per heavy atom. The maximum atomic E-state index is 14.4. The Kier molecular flexibility index (Phi) is 7.31. The Labute approximate surface area is 201 Å². The zero-order valence-corrected chi connectivity index (χ0v) is 20.1. The Hall–Kier alpha value is -3.20. The van der Waals surface area contributed by atoms with Crippen molar-refractivity contribution in [3.63, 3.8) is 0 Å². The van der Waals surface area contributed by atoms with Crippen molar-refractivity contribution in [3.05, 3.63) is 46.9 Å². The summed E-state index contributed by atoms with van der Waals surface area (Å²) in [4.78, 5) is 18.1. The van der Waals surface area contributed by atoms with Crippen LogP contribution in [0.3, 0.4) is 0 Å². The molecule has 0 spiro atoms. The fraction of sp³-hybridized carbons (Fsp3) is 0.480. The molecular formula is C25H35FN8. The summed E-state index contributed by atoms with van der Waals surface area (Å²) < 4.78 is 14.4. The number of nitrogens with zero attached hydrogens (tertiary/aromatic N) is 5. The van der Waals surface area contributed by atoms with Gasteiger partial charge in [0.25, 0.3) is 0 Å². The lowest BCUT2D eigenvalue weighted by Crippen LogP contribution is -2.49. The molecule has 0 aromatic heterocycles. The topological polar surface area (TPSA) is 108 Å². The van der Waals surface area contributed by atoms with E-state index in [9.17, 15) is 4.39 Å². The number of hydrogen-bond donors (Lipinski definition) is 3. The van der Waals surface area contributed by atoms with E-state index >= 15 is 0 Å². The first-order valence-electron chi connectivity index (χ1n) is 12.0. The summed E-state index contributed by atoms with van der Waals surface area (Å²) in [5.74, 6) is 0.971. The number of nitrogen functional groups attached to an aromatic ring is 1. The van der Waals surface area contributed by atoms with Crippen LogP contribution in [0.1, 0.15) is 45.1 Å². The number of benzene rings is 1. The molecule has 4 rings (SSSR count). The lowest BCUT2D eigenvalue weighted by Gasteiger charge is -2.37. The number of nitrogens with two attached hydrogens (primary N) is 2. The molecule has 5 N–H and O–H groups in total. The van der Waals surface area contributed by atoms with Crippen LogP contribution in [0.5, 0.6) is 0 Å². The molecule has 1 atom stereocenters. The third kappa shape index (κ3) is 5.14. The van der Waals surface area contributed by atoms with E-state index < -0.39 is 5.82 Å². The van der Waals surface area contributed by atoms with Crippen molar-refractivity contribution < 1.29 is 4.39 Å². The molecule has 1 aromatic carbocycles. The molecule has 3 aliphatic heterocycles. The molecule has 1 aromatic rings. The minimum absolute atomic E-state index is 0.123. The van der Waals surface area contributed by atoms with Gasteiger partial charge in [-0.3, -0.25) is 0 Å². The van der Waals surface area contributed by atoms with Crippen molar-refractivity contribution in [1.82, 2.24) is 15.1 Å². The van der Waals surface area contributed by atoms with Crippen molar-refractivity contribution in [3.8, 4) is 0 Å². The minimum Gasteiger partial charge on any atom is -0.396 e. The van der Waals surface area contributed by atoms with Crippen LogP contribution in [0.2, 0.25) is 0 Å². The predicted octanol–water partition coefficient (Wildman–Crippen LogP) is 2.95. The number of piperidine rings is 1. The monoisotopic (exact) mass is 466 g/mol. The normalized spacial score (nSPS) is 22.7. The maximum absolute atomic E-state index is 14.4. The van der Waals surface area contributed by atoms with Crippen molar-refractivity contribution in [2.75, 3.05) is 31.9 Å². The zero-order valence-electron chi connectivity index (χ0n) is 20.1. The quantitative estimate of drug-likeness (QED) is 0.361. The van der Waals surface area contributed by atoms with Gasteiger partial charge in [0.05, 0.1) is 17.4 Å². The summed E-state index contributed by atoms with van der Waals surface area (Å²) in [6, 6.07) is 4.97. The van der Waals surface area contributed by atoms with E-state index in [4.69, 9.17) is 16.5 Å². The van der Waals surface area contributed by atoms with Gasteiger partial charge in [0, 0.05) is 49.6 Å². The maximum Gasteiger partial charge on any atom is 0.224 e. The molecule has 8 nitrogen and oxygen atoms in total. The molecule has 3 aliphatic rings. The molecule has 0 bridgehead atoms. The number of hydrogen-bond acceptors (Lipinski definition) is 6. The highest BCUT2D eigenvalue weighted by Crippen LogP contribution is 2.31. The van der Waals surface area contributed by atoms with Gasteiger partial charge in [-0.25, -0.2) is 19.4 Å². The number of guanidine groups is 2. The average molecular weight is 467 g/mol. The van der Waals surface area contributed by atoms with Crippen LogP contribution < -0.4 is 16.8 Å². The van der Waals surface area contributed by atoms with E-state index in [1.54, 1.807) is 6.07 Å². The zero-order chi connectivity index (χ0) is 24.2. The van der Waals surface area contributed by atoms with E-state index in [-0.39, 0.29) is 17.8 Å². The Bertz CT molecular complexity index is 1040. The van der Waals surface area contributed by atoms with E-state index in [1.165, 1.54) is 6.07 Å². The number of aliphatic imine (C=N–C) groups is 3. The molecule has 2 fully saturated rings. The van der Waals surface area contributed by atoms with Crippen molar-refractivity contribution in [1.29, 1.82) is 0 Å². The summed E-state index contributed by atoms with van der Waals surface area (Å²) in [6.07, 6.45) is 5.91. The van der Waals surface area contributed by atoms with Gasteiger partial charge in [-0.2, -0.15) is 0 Å². The first-order chi connectivity index (χ1) is 16.4. The molecule has 2 saturated heterocycles. The molecule has 0 saturated carbocycles. The van der Waals surface area contributed by atoms with Crippen LogP contribution in [-0.2, 0) is 0 Å². The van der Waals surface area contributed by atoms with Crippen molar-refractivity contribution >= 4 is 30.0 Å². The summed E-state index contributed by atoms with van der Waals surface area (Å²) in [5, 5.41) is 3.49. The van der Waals surface area contributed by atoms with E-state index in [0.717, 1.165) is 74.7 Å². The third-order valence-electron chi connectivity index (χ3n) is 6.70. The van der Waals surface area contributed by atoms with Gasteiger partial charge < -0.3 is 26.6 Å². The van der Waals surface area contributed by atoms with Gasteiger partial charge in [-0.05, 0) is 64.0 Å². The van der Waals surface area contributed by atoms with Gasteiger partial charge in [-0.1, -0.05) is 6.07 Å². The molecule has 0 aliphatic carbocycles. The van der Waals surface area contributed by atoms with Crippen LogP contribution in [0.25, 0.3) is 5.70 Å². The van der Waals surface area contributed by atoms with Gasteiger partial charge in [0.2, 0.25) is 5.96 Å². The predicted molar refractivity (Wildman–Crippen MR) is 138 cm³/mol. The van der Waals surface area contributed by atoms with E-state index in [0.29, 0.717) is 11.5 Å². The van der Waals surface area contributed by atoms with Crippen LogP contribution in [0.4, 0.5) is 10.1 Å². The first kappa shape index (κ1) is 23.9. The fourth-order valence-electron chi connectivity index (χ4n) is 4.74. The summed E-state index contributed by atoms with van der Waals surface area (Å²) in [6.45, 7) is 11.3. The Balaban J connectivity index is 1.71. The van der Waals surface area contributed by atoms with Crippen LogP contribution in [0, 0.1) is 5.82 Å². The van der Waals surface area contributed by atoms with Gasteiger partial charge in [0.1, 0.15) is 5.82 Å². The highest BCUT2D eigenvalue weighted by molar-refractivity contribution is 5.94. The molecule has 34 heavy (non-hydrogen) atoms. The van der Waals surface area contributed by atoms with Crippen molar-refractivity contribution in [2.45, 2.75) is 51.6 Å². The summed E-state index contributed by atoms with van der Waals surface area (Å²) >= 11 is 0. The molecule has 3 heterocycles. The lowest BCUT2D eigenvalue weighted by atomic mass is 9.94. The summed E-state index contributed by atoms with van der Waals surface area (Å²) in [5.41, 5.74) is 15.4. The van der Waals surface area contributed by atoms with Crippen LogP contribution in [-0.4, -0.2) is 66.7 Å². The van der Waals surface area contributed by atoms with Crippen LogP contribution >= 0.6 is 0 Å². The van der Waals surface area contributed by atoms with E-state index in [1.807, 2.05) is 26.1 Å². The molecule has 0 amide bonds. The minimum atomic E-state index is -0.446. The van der Waals surface area contributed by atoms with Gasteiger partial charge in [0.15, 0.2) is 5.96 Å². The fourth-order valence-corrected chi connectivity index (χ4v) is 4.74. The second-order valence-corrected chi connectivity index (χ2v) is 9.20. The molecule has 182 valence electrons. The van der Waals surface area contributed by atoms with Crippen molar-refractivity contribution in [2.24, 2.45) is 20.7 Å². The Morgan fingerprint density at radius 1 is 1.24 bits per heavy atom. The highest BCUT2D eigenvalue weighted by atomic mass is 19.1. The van der Waals surface area contributed by atoms with Gasteiger partial charge in [-0.15, -0.1) is 0 Å². The van der Waals surface area contributed by atoms with E-state index in [2.05, 4.69) is 31.8 Å². The average Bonchev–Trinajstić information content (AvgIpc) is 3.36. The standard InChI is InChI=1S/C25H35FN8/c1-16(15-30-24(29-3)33-10-4-5-11-33)22-17(2)31-25(34-12-8-19(27)9-13-34)32-23(22)18-6-7-21(28)20(26)14-18/h6-7,14-15,17,19H,3-5,8-13,27-28H2,1-2H3,(H,31,32)/b16-15+,30-24?. The number of halogens is 1.